The van der Waals surface area contributed by atoms with Gasteiger partial charge in [0.05, 0.1) is 14.2 Å². The van der Waals surface area contributed by atoms with Crippen LogP contribution in [0.5, 0.6) is 11.5 Å². The van der Waals surface area contributed by atoms with Gasteiger partial charge in [-0.15, -0.1) is 0 Å². The predicted octanol–water partition coefficient (Wildman–Crippen LogP) is 4.07. The highest BCUT2D eigenvalue weighted by Gasteiger charge is 2.46. The lowest BCUT2D eigenvalue weighted by molar-refractivity contribution is -0.135. The number of ketones is 1. The summed E-state index contributed by atoms with van der Waals surface area (Å²) in [6, 6.07) is 16.2. The molecule has 4 unspecified atom stereocenters. The van der Waals surface area contributed by atoms with E-state index in [9.17, 15) is 4.79 Å². The van der Waals surface area contributed by atoms with E-state index in [1.807, 2.05) is 36.4 Å². The number of benzene rings is 2. The number of ether oxygens (including phenoxy) is 2. The molecule has 2 fully saturated rings. The van der Waals surface area contributed by atoms with Gasteiger partial charge in [-0.1, -0.05) is 30.7 Å². The Morgan fingerprint density at radius 2 is 1.35 bits per heavy atom. The van der Waals surface area contributed by atoms with Crippen molar-refractivity contribution in [1.82, 2.24) is 5.32 Å². The molecule has 2 aliphatic rings. The van der Waals surface area contributed by atoms with Crippen molar-refractivity contribution in [2.45, 2.75) is 31.3 Å². The fourth-order valence-corrected chi connectivity index (χ4v) is 4.53. The third-order valence-electron chi connectivity index (χ3n) is 5.83. The second-order valence-corrected chi connectivity index (χ2v) is 7.22. The molecule has 1 aliphatic heterocycles. The first-order valence-corrected chi connectivity index (χ1v) is 9.29. The van der Waals surface area contributed by atoms with Crippen LogP contribution in [0.2, 0.25) is 0 Å². The van der Waals surface area contributed by atoms with Gasteiger partial charge in [0, 0.05) is 23.9 Å². The van der Waals surface area contributed by atoms with E-state index < -0.39 is 0 Å². The van der Waals surface area contributed by atoms with E-state index in [4.69, 9.17) is 9.47 Å². The number of rotatable bonds is 4. The second kappa shape index (κ2) is 7.12. The first kappa shape index (κ1) is 17.1. The van der Waals surface area contributed by atoms with E-state index >= 15 is 0 Å². The maximum atomic E-state index is 13.2. The minimum atomic E-state index is 0.0188. The Labute approximate surface area is 154 Å². The maximum absolute atomic E-state index is 13.2. The summed E-state index contributed by atoms with van der Waals surface area (Å²) in [5.74, 6) is 2.14. The molecule has 1 heterocycles. The van der Waals surface area contributed by atoms with Gasteiger partial charge in [0.25, 0.3) is 0 Å². The molecule has 26 heavy (non-hydrogen) atoms. The molecule has 2 aromatic carbocycles. The van der Waals surface area contributed by atoms with E-state index in [0.29, 0.717) is 5.78 Å². The van der Waals surface area contributed by atoms with Gasteiger partial charge in [0.15, 0.2) is 0 Å². The molecule has 1 N–H and O–H groups in total. The number of piperidine rings is 1. The third-order valence-corrected chi connectivity index (χ3v) is 5.83. The molecule has 2 aromatic rings. The molecule has 4 rings (SSSR count). The second-order valence-electron chi connectivity index (χ2n) is 7.22. The summed E-state index contributed by atoms with van der Waals surface area (Å²) in [6.45, 7) is 0. The summed E-state index contributed by atoms with van der Waals surface area (Å²) >= 11 is 0. The monoisotopic (exact) mass is 351 g/mol. The molecule has 4 atom stereocenters. The molecule has 1 aliphatic carbocycles. The van der Waals surface area contributed by atoms with Crippen LogP contribution in [0, 0.1) is 11.8 Å². The Bertz CT molecular complexity index is 740. The van der Waals surface area contributed by atoms with Crippen LogP contribution in [0.15, 0.2) is 48.5 Å². The summed E-state index contributed by atoms with van der Waals surface area (Å²) in [4.78, 5) is 13.2. The zero-order valence-corrected chi connectivity index (χ0v) is 15.3. The molecule has 4 nitrogen and oxygen atoms in total. The van der Waals surface area contributed by atoms with Gasteiger partial charge < -0.3 is 14.8 Å². The lowest BCUT2D eigenvalue weighted by Crippen LogP contribution is -2.50. The number of hydrogen-bond acceptors (Lipinski definition) is 4. The van der Waals surface area contributed by atoms with Gasteiger partial charge in [-0.05, 0) is 48.2 Å². The summed E-state index contributed by atoms with van der Waals surface area (Å²) in [6.07, 6.45) is 3.01. The summed E-state index contributed by atoms with van der Waals surface area (Å²) in [5, 5.41) is 3.79. The first-order valence-electron chi connectivity index (χ1n) is 9.29. The maximum Gasteiger partial charge on any atom is 0.142 e. The number of fused-ring (bicyclic) bond motifs is 2. The van der Waals surface area contributed by atoms with E-state index in [2.05, 4.69) is 17.4 Å². The van der Waals surface area contributed by atoms with Crippen molar-refractivity contribution in [2.24, 2.45) is 11.8 Å². The molecule has 0 radical (unpaired) electrons. The smallest absolute Gasteiger partial charge is 0.142 e. The fraction of sp³-hybridized carbons (Fsp3) is 0.409. The number of nitrogens with one attached hydrogen (secondary N) is 1. The molecule has 0 spiro atoms. The highest BCUT2D eigenvalue weighted by atomic mass is 16.5. The van der Waals surface area contributed by atoms with Crippen LogP contribution in [-0.4, -0.2) is 20.0 Å². The fourth-order valence-electron chi connectivity index (χ4n) is 4.53. The minimum absolute atomic E-state index is 0.0188. The Morgan fingerprint density at radius 3 is 1.81 bits per heavy atom. The van der Waals surface area contributed by atoms with Gasteiger partial charge in [0.1, 0.15) is 17.3 Å². The van der Waals surface area contributed by atoms with Crippen LogP contribution in [0.3, 0.4) is 0 Å². The normalized spacial score (nSPS) is 27.8. The van der Waals surface area contributed by atoms with Crippen molar-refractivity contribution < 1.29 is 14.3 Å². The van der Waals surface area contributed by atoms with E-state index in [1.54, 1.807) is 14.2 Å². The number of Topliss-reactive ketones (excluding diaryl/α,β-unsaturated/α-hetero) is 1. The van der Waals surface area contributed by atoms with Crippen molar-refractivity contribution in [2.75, 3.05) is 14.2 Å². The van der Waals surface area contributed by atoms with Gasteiger partial charge in [0.2, 0.25) is 0 Å². The third kappa shape index (κ3) is 2.99. The van der Waals surface area contributed by atoms with Crippen LogP contribution < -0.4 is 14.8 Å². The lowest BCUT2D eigenvalue weighted by Gasteiger charge is -2.45. The SMILES string of the molecule is COc1cccc(C2NC(c3cccc(OC)c3)C3CCCC2C3=O)c1. The van der Waals surface area contributed by atoms with E-state index in [0.717, 1.165) is 41.9 Å². The molecular weight excluding hydrogens is 326 g/mol. The van der Waals surface area contributed by atoms with Gasteiger partial charge in [-0.25, -0.2) is 0 Å². The Balaban J connectivity index is 1.72. The van der Waals surface area contributed by atoms with E-state index in [1.165, 1.54) is 0 Å². The molecule has 4 heteroatoms. The van der Waals surface area contributed by atoms with Gasteiger partial charge in [-0.2, -0.15) is 0 Å². The van der Waals surface area contributed by atoms with Crippen molar-refractivity contribution in [1.29, 1.82) is 0 Å². The quantitative estimate of drug-likeness (QED) is 0.902. The number of methoxy groups -OCH3 is 2. The number of carbonyl (C=O) groups is 1. The average molecular weight is 351 g/mol. The number of hydrogen-bond donors (Lipinski definition) is 1. The Morgan fingerprint density at radius 1 is 0.846 bits per heavy atom. The predicted molar refractivity (Wildman–Crippen MR) is 100 cm³/mol. The first-order chi connectivity index (χ1) is 12.7. The summed E-state index contributed by atoms with van der Waals surface area (Å²) in [7, 11) is 3.35. The van der Waals surface area contributed by atoms with Crippen molar-refractivity contribution in [3.05, 3.63) is 59.7 Å². The largest absolute Gasteiger partial charge is 0.497 e. The van der Waals surface area contributed by atoms with Gasteiger partial charge >= 0.3 is 0 Å². The van der Waals surface area contributed by atoms with Crippen LogP contribution in [-0.2, 0) is 4.79 Å². The number of carbonyl (C=O) groups excluding carboxylic acids is 1. The average Bonchev–Trinajstić information content (AvgIpc) is 2.68. The highest BCUT2D eigenvalue weighted by molar-refractivity contribution is 5.87. The van der Waals surface area contributed by atoms with Crippen molar-refractivity contribution >= 4 is 5.78 Å². The standard InChI is InChI=1S/C22H25NO3/c1-25-16-8-3-6-14(12-16)20-18-10-5-11-19(22(18)24)21(23-20)15-7-4-9-17(13-15)26-2/h3-4,6-9,12-13,18-21,23H,5,10-11H2,1-2H3. The molecule has 136 valence electrons. The van der Waals surface area contributed by atoms with Crippen LogP contribution in [0.4, 0.5) is 0 Å². The molecule has 0 aromatic heterocycles. The van der Waals surface area contributed by atoms with Crippen molar-refractivity contribution in [3.8, 4) is 11.5 Å². The molecule has 1 saturated heterocycles. The Hall–Kier alpha value is -2.33. The molecular formula is C22H25NO3. The van der Waals surface area contributed by atoms with Crippen molar-refractivity contribution in [3.63, 3.8) is 0 Å². The molecule has 0 amide bonds. The highest BCUT2D eigenvalue weighted by Crippen LogP contribution is 2.46. The lowest BCUT2D eigenvalue weighted by atomic mass is 9.67. The summed E-state index contributed by atoms with van der Waals surface area (Å²) < 4.78 is 10.8. The van der Waals surface area contributed by atoms with Crippen LogP contribution >= 0.6 is 0 Å². The molecule has 2 bridgehead atoms. The minimum Gasteiger partial charge on any atom is -0.497 e. The van der Waals surface area contributed by atoms with Crippen LogP contribution in [0.25, 0.3) is 0 Å². The molecule has 1 saturated carbocycles. The topological polar surface area (TPSA) is 47.6 Å². The van der Waals surface area contributed by atoms with Crippen LogP contribution in [0.1, 0.15) is 42.5 Å². The Kier molecular flexibility index (Phi) is 4.68. The van der Waals surface area contributed by atoms with Gasteiger partial charge in [-0.3, -0.25) is 4.79 Å². The zero-order valence-electron chi connectivity index (χ0n) is 15.3. The summed E-state index contributed by atoms with van der Waals surface area (Å²) in [5.41, 5.74) is 2.24. The zero-order chi connectivity index (χ0) is 18.1. The van der Waals surface area contributed by atoms with E-state index in [-0.39, 0.29) is 23.9 Å².